The fourth-order valence-electron chi connectivity index (χ4n) is 3.35. The molecule has 0 heterocycles. The molecule has 7 nitrogen and oxygen atoms in total. The normalized spacial score (nSPS) is 13.1. The van der Waals surface area contributed by atoms with E-state index in [1.165, 1.54) is 7.11 Å². The van der Waals surface area contributed by atoms with Crippen molar-refractivity contribution in [1.82, 2.24) is 4.90 Å². The fourth-order valence-corrected chi connectivity index (χ4v) is 3.35. The van der Waals surface area contributed by atoms with Gasteiger partial charge in [0, 0.05) is 23.8 Å². The third-order valence-corrected chi connectivity index (χ3v) is 5.20. The van der Waals surface area contributed by atoms with Gasteiger partial charge in [0.05, 0.1) is 33.4 Å². The molecule has 1 saturated carbocycles. The van der Waals surface area contributed by atoms with Crippen LogP contribution in [0, 0.1) is 6.92 Å². The van der Waals surface area contributed by atoms with Crippen LogP contribution in [0.2, 0.25) is 0 Å². The molecule has 30 heavy (non-hydrogen) atoms. The lowest BCUT2D eigenvalue weighted by Gasteiger charge is -2.23. The Bertz CT molecular complexity index is 924. The van der Waals surface area contributed by atoms with Gasteiger partial charge in [0.1, 0.15) is 11.5 Å². The Labute approximate surface area is 176 Å². The summed E-state index contributed by atoms with van der Waals surface area (Å²) in [6.07, 6.45) is 2.13. The summed E-state index contributed by atoms with van der Waals surface area (Å²) >= 11 is 0. The van der Waals surface area contributed by atoms with Crippen LogP contribution in [0.3, 0.4) is 0 Å². The first-order valence-electron chi connectivity index (χ1n) is 9.89. The molecule has 2 aromatic rings. The molecule has 1 aliphatic carbocycles. The second-order valence-corrected chi connectivity index (χ2v) is 7.38. The average Bonchev–Trinajstić information content (AvgIpc) is 3.59. The zero-order valence-electron chi connectivity index (χ0n) is 17.9. The van der Waals surface area contributed by atoms with Crippen molar-refractivity contribution in [1.29, 1.82) is 0 Å². The van der Waals surface area contributed by atoms with Gasteiger partial charge in [-0.2, -0.15) is 0 Å². The number of carbonyl (C=O) groups excluding carboxylic acids is 2. The van der Waals surface area contributed by atoms with Gasteiger partial charge in [-0.3, -0.25) is 9.69 Å². The summed E-state index contributed by atoms with van der Waals surface area (Å²) in [6.45, 7) is 2.71. The predicted octanol–water partition coefficient (Wildman–Crippen LogP) is 3.40. The Morgan fingerprint density at radius 1 is 1.07 bits per heavy atom. The second-order valence-electron chi connectivity index (χ2n) is 7.38. The number of benzene rings is 2. The van der Waals surface area contributed by atoms with E-state index in [0.29, 0.717) is 23.8 Å². The van der Waals surface area contributed by atoms with Crippen LogP contribution in [-0.2, 0) is 16.1 Å². The molecule has 7 heteroatoms. The highest BCUT2D eigenvalue weighted by Crippen LogP contribution is 2.32. The molecular weight excluding hydrogens is 384 g/mol. The standard InChI is InChI=1S/C23H28N2O5/c1-15-5-6-16(23(27)30-4)12-20(15)24-22(26)14-25(18-7-8-18)13-17-11-19(28-2)9-10-21(17)29-3/h5-6,9-12,18H,7-8,13-14H2,1-4H3,(H,24,26). The van der Waals surface area contributed by atoms with E-state index in [-0.39, 0.29) is 12.5 Å². The van der Waals surface area contributed by atoms with Crippen molar-refractivity contribution in [2.75, 3.05) is 33.2 Å². The lowest BCUT2D eigenvalue weighted by atomic mass is 10.1. The number of hydrogen-bond donors (Lipinski definition) is 1. The molecule has 0 aromatic heterocycles. The van der Waals surface area contributed by atoms with Gasteiger partial charge < -0.3 is 19.5 Å². The largest absolute Gasteiger partial charge is 0.497 e. The van der Waals surface area contributed by atoms with Crippen LogP contribution in [0.5, 0.6) is 11.5 Å². The molecule has 0 spiro atoms. The van der Waals surface area contributed by atoms with Crippen molar-refractivity contribution in [2.24, 2.45) is 0 Å². The van der Waals surface area contributed by atoms with Crippen LogP contribution < -0.4 is 14.8 Å². The van der Waals surface area contributed by atoms with Crippen molar-refractivity contribution in [3.8, 4) is 11.5 Å². The van der Waals surface area contributed by atoms with Gasteiger partial charge in [0.25, 0.3) is 0 Å². The molecule has 1 N–H and O–H groups in total. The van der Waals surface area contributed by atoms with Crippen molar-refractivity contribution >= 4 is 17.6 Å². The van der Waals surface area contributed by atoms with E-state index in [0.717, 1.165) is 35.5 Å². The van der Waals surface area contributed by atoms with Gasteiger partial charge in [-0.25, -0.2) is 4.79 Å². The van der Waals surface area contributed by atoms with E-state index >= 15 is 0 Å². The molecule has 1 amide bonds. The minimum absolute atomic E-state index is 0.131. The predicted molar refractivity (Wildman–Crippen MR) is 114 cm³/mol. The van der Waals surface area contributed by atoms with E-state index in [1.54, 1.807) is 32.4 Å². The van der Waals surface area contributed by atoms with Gasteiger partial charge in [-0.05, 0) is 55.7 Å². The first kappa shape index (κ1) is 21.6. The molecule has 0 radical (unpaired) electrons. The summed E-state index contributed by atoms with van der Waals surface area (Å²) in [5.74, 6) is 0.953. The topological polar surface area (TPSA) is 77.1 Å². The van der Waals surface area contributed by atoms with Gasteiger partial charge in [0.15, 0.2) is 0 Å². The maximum absolute atomic E-state index is 12.8. The molecule has 2 aromatic carbocycles. The Balaban J connectivity index is 1.72. The van der Waals surface area contributed by atoms with Gasteiger partial charge >= 0.3 is 5.97 Å². The number of amides is 1. The smallest absolute Gasteiger partial charge is 0.337 e. The molecule has 0 unspecified atom stereocenters. The number of nitrogens with zero attached hydrogens (tertiary/aromatic N) is 1. The van der Waals surface area contributed by atoms with Gasteiger partial charge in [0.2, 0.25) is 5.91 Å². The Morgan fingerprint density at radius 3 is 2.47 bits per heavy atom. The summed E-state index contributed by atoms with van der Waals surface area (Å²) in [4.78, 5) is 26.7. The molecular formula is C23H28N2O5. The Morgan fingerprint density at radius 2 is 1.83 bits per heavy atom. The van der Waals surface area contributed by atoms with Crippen molar-refractivity contribution in [3.05, 3.63) is 53.1 Å². The summed E-state index contributed by atoms with van der Waals surface area (Å²) in [7, 11) is 4.60. The van der Waals surface area contributed by atoms with Crippen LogP contribution in [-0.4, -0.2) is 50.7 Å². The maximum atomic E-state index is 12.8. The summed E-state index contributed by atoms with van der Waals surface area (Å²) in [6, 6.07) is 11.2. The quantitative estimate of drug-likeness (QED) is 0.636. The SMILES string of the molecule is COC(=O)c1ccc(C)c(NC(=O)CN(Cc2cc(OC)ccc2OC)C2CC2)c1. The van der Waals surface area contributed by atoms with Crippen LogP contribution in [0.1, 0.15) is 34.3 Å². The first-order chi connectivity index (χ1) is 14.4. The van der Waals surface area contributed by atoms with Crippen molar-refractivity contribution in [2.45, 2.75) is 32.4 Å². The number of carbonyl (C=O) groups is 2. The number of esters is 1. The lowest BCUT2D eigenvalue weighted by molar-refractivity contribution is -0.117. The lowest BCUT2D eigenvalue weighted by Crippen LogP contribution is -2.34. The number of aryl methyl sites for hydroxylation is 1. The molecule has 0 atom stereocenters. The van der Waals surface area contributed by atoms with Crippen LogP contribution >= 0.6 is 0 Å². The fraction of sp³-hybridized carbons (Fsp3) is 0.391. The van der Waals surface area contributed by atoms with E-state index in [9.17, 15) is 9.59 Å². The molecule has 3 rings (SSSR count). The highest BCUT2D eigenvalue weighted by molar-refractivity contribution is 5.96. The van der Waals surface area contributed by atoms with Crippen LogP contribution in [0.4, 0.5) is 5.69 Å². The molecule has 160 valence electrons. The number of rotatable bonds is 9. The number of ether oxygens (including phenoxy) is 3. The second kappa shape index (κ2) is 9.63. The van der Waals surface area contributed by atoms with Crippen LogP contribution in [0.25, 0.3) is 0 Å². The number of nitrogens with one attached hydrogen (secondary N) is 1. The molecule has 0 saturated heterocycles. The van der Waals surface area contributed by atoms with E-state index in [1.807, 2.05) is 25.1 Å². The monoisotopic (exact) mass is 412 g/mol. The highest BCUT2D eigenvalue weighted by atomic mass is 16.5. The minimum Gasteiger partial charge on any atom is -0.497 e. The minimum atomic E-state index is -0.435. The number of anilines is 1. The molecule has 0 bridgehead atoms. The van der Waals surface area contributed by atoms with Crippen molar-refractivity contribution in [3.63, 3.8) is 0 Å². The molecule has 1 aliphatic rings. The summed E-state index contributed by atoms with van der Waals surface area (Å²) in [5.41, 5.74) is 2.86. The van der Waals surface area contributed by atoms with Crippen LogP contribution in [0.15, 0.2) is 36.4 Å². The van der Waals surface area contributed by atoms with E-state index in [2.05, 4.69) is 10.2 Å². The maximum Gasteiger partial charge on any atom is 0.337 e. The third kappa shape index (κ3) is 5.30. The number of methoxy groups -OCH3 is 3. The van der Waals surface area contributed by atoms with Crippen molar-refractivity contribution < 1.29 is 23.8 Å². The first-order valence-corrected chi connectivity index (χ1v) is 9.89. The Hall–Kier alpha value is -3.06. The third-order valence-electron chi connectivity index (χ3n) is 5.20. The average molecular weight is 412 g/mol. The van der Waals surface area contributed by atoms with Gasteiger partial charge in [-0.15, -0.1) is 0 Å². The van der Waals surface area contributed by atoms with E-state index in [4.69, 9.17) is 14.2 Å². The zero-order chi connectivity index (χ0) is 21.7. The Kier molecular flexibility index (Phi) is 6.95. The summed E-state index contributed by atoms with van der Waals surface area (Å²) < 4.78 is 15.6. The summed E-state index contributed by atoms with van der Waals surface area (Å²) in [5, 5.41) is 2.94. The molecule has 0 aliphatic heterocycles. The highest BCUT2D eigenvalue weighted by Gasteiger charge is 2.31. The zero-order valence-corrected chi connectivity index (χ0v) is 17.9. The van der Waals surface area contributed by atoms with Gasteiger partial charge in [-0.1, -0.05) is 6.07 Å². The molecule has 1 fully saturated rings. The van der Waals surface area contributed by atoms with E-state index < -0.39 is 5.97 Å². The number of hydrogen-bond acceptors (Lipinski definition) is 6.